The first-order valence-corrected chi connectivity index (χ1v) is 16.2. The maximum absolute atomic E-state index is 14.3. The summed E-state index contributed by atoms with van der Waals surface area (Å²) in [4.78, 5) is 32.7. The molecular weight excluding hydrogens is 611 g/mol. The van der Waals surface area contributed by atoms with Crippen LogP contribution in [0.25, 0.3) is 28.0 Å². The zero-order chi connectivity index (χ0) is 34.2. The number of nitrogens with zero attached hydrogens (tertiary/aromatic N) is 10. The Balaban J connectivity index is 1.28. The summed E-state index contributed by atoms with van der Waals surface area (Å²) in [5.74, 6) is 0.418. The van der Waals surface area contributed by atoms with Gasteiger partial charge in [-0.05, 0) is 71.4 Å². The van der Waals surface area contributed by atoms with E-state index in [1.165, 1.54) is 17.1 Å². The predicted molar refractivity (Wildman–Crippen MR) is 185 cm³/mol. The second-order valence-corrected chi connectivity index (χ2v) is 11.8. The largest absolute Gasteiger partial charge is 0.384 e. The van der Waals surface area contributed by atoms with Crippen LogP contribution in [0.2, 0.25) is 0 Å². The molecule has 1 atom stereocenters. The fraction of sp³-hybridized carbons (Fsp3) is 0.382. The fourth-order valence-corrected chi connectivity index (χ4v) is 5.47. The minimum atomic E-state index is -0.327. The number of rotatable bonds is 13. The molecule has 0 radical (unpaired) electrons. The molecule has 0 bridgehead atoms. The van der Waals surface area contributed by atoms with Gasteiger partial charge in [-0.3, -0.25) is 9.78 Å². The van der Waals surface area contributed by atoms with Gasteiger partial charge in [-0.15, -0.1) is 9.90 Å². The van der Waals surface area contributed by atoms with Gasteiger partial charge in [0.15, 0.2) is 11.3 Å². The van der Waals surface area contributed by atoms with Crippen molar-refractivity contribution >= 4 is 23.3 Å². The number of aryl methyl sites for hydroxylation is 1. The van der Waals surface area contributed by atoms with Crippen LogP contribution in [0.15, 0.2) is 66.0 Å². The minimum Gasteiger partial charge on any atom is -0.384 e. The first kappa shape index (κ1) is 34.1. The van der Waals surface area contributed by atoms with Gasteiger partial charge in [0.25, 0.3) is 5.91 Å². The van der Waals surface area contributed by atoms with E-state index >= 15 is 0 Å². The molecule has 48 heavy (non-hydrogen) atoms. The lowest BCUT2D eigenvalue weighted by atomic mass is 10.0. The van der Waals surface area contributed by atoms with Crippen LogP contribution < -0.4 is 11.1 Å². The number of hydrogen-bond acceptors (Lipinski definition) is 9. The van der Waals surface area contributed by atoms with Crippen molar-refractivity contribution in [1.29, 1.82) is 0 Å². The molecule has 0 spiro atoms. The van der Waals surface area contributed by atoms with E-state index in [9.17, 15) is 9.18 Å². The maximum Gasteiger partial charge on any atom is 0.276 e. The molecule has 0 aliphatic carbocycles. The van der Waals surface area contributed by atoms with Gasteiger partial charge < -0.3 is 20.9 Å². The molecule has 0 saturated heterocycles. The third-order valence-electron chi connectivity index (χ3n) is 8.11. The number of anilines is 1. The lowest BCUT2D eigenvalue weighted by molar-refractivity contribution is 0.0713. The number of benzene rings is 1. The SMILES string of the molecule is CCNC(=NCCCN(C)C)n1ncc(C(=O)N(C)[C@H](CC)CCc2cc(N)n3ncc(-c4ccc(-c5ccccc5F)nc4)c3n2)n1. The van der Waals surface area contributed by atoms with Crippen molar-refractivity contribution in [2.75, 3.05) is 46.5 Å². The Bertz CT molecular complexity index is 1860. The second-order valence-electron chi connectivity index (χ2n) is 11.8. The molecule has 4 aromatic heterocycles. The molecule has 14 heteroatoms. The molecule has 0 aliphatic heterocycles. The first-order chi connectivity index (χ1) is 23.2. The average molecular weight is 655 g/mol. The van der Waals surface area contributed by atoms with E-state index in [1.54, 1.807) is 53.1 Å². The Morgan fingerprint density at radius 3 is 2.58 bits per heavy atom. The minimum absolute atomic E-state index is 0.0747. The lowest BCUT2D eigenvalue weighted by Crippen LogP contribution is -2.38. The lowest BCUT2D eigenvalue weighted by Gasteiger charge is -2.26. The van der Waals surface area contributed by atoms with Crippen molar-refractivity contribution in [1.82, 2.24) is 49.7 Å². The highest BCUT2D eigenvalue weighted by molar-refractivity contribution is 5.92. The number of fused-ring (bicyclic) bond motifs is 1. The smallest absolute Gasteiger partial charge is 0.276 e. The quantitative estimate of drug-likeness (QED) is 0.109. The summed E-state index contributed by atoms with van der Waals surface area (Å²) in [6.45, 7) is 6.22. The maximum atomic E-state index is 14.3. The van der Waals surface area contributed by atoms with E-state index in [2.05, 4.69) is 35.5 Å². The molecule has 252 valence electrons. The molecule has 1 amide bonds. The van der Waals surface area contributed by atoms with Crippen molar-refractivity contribution in [3.8, 4) is 22.4 Å². The number of nitrogens with two attached hydrogens (primary N) is 1. The molecule has 5 aromatic rings. The highest BCUT2D eigenvalue weighted by atomic mass is 19.1. The van der Waals surface area contributed by atoms with Gasteiger partial charge in [0.2, 0.25) is 5.96 Å². The Kier molecular flexibility index (Phi) is 11.1. The standard InChI is InChI=1S/C34H43FN12O/c1-6-25(45(5)33(48)30-22-41-47(43-30)34(37-7-2)38-17-10-18-44(3)4)15-14-24-19-31(36)46-32(42-24)27(21-40-46)23-13-16-29(39-20-23)26-11-8-9-12-28(26)35/h8-9,11-13,16,19-22,25H,6-7,10,14-15,17-18,36H2,1-5H3,(H,37,38)/t25-/m1/s1. The van der Waals surface area contributed by atoms with Crippen LogP contribution in [0.4, 0.5) is 10.2 Å². The molecule has 0 unspecified atom stereocenters. The third-order valence-corrected chi connectivity index (χ3v) is 8.11. The molecule has 0 saturated carbocycles. The van der Waals surface area contributed by atoms with Crippen molar-refractivity contribution in [2.24, 2.45) is 4.99 Å². The summed E-state index contributed by atoms with van der Waals surface area (Å²) < 4.78 is 15.9. The van der Waals surface area contributed by atoms with Crippen LogP contribution in [0.3, 0.4) is 0 Å². The summed E-state index contributed by atoms with van der Waals surface area (Å²) >= 11 is 0. The fourth-order valence-electron chi connectivity index (χ4n) is 5.47. The van der Waals surface area contributed by atoms with E-state index in [0.29, 0.717) is 54.6 Å². The monoisotopic (exact) mass is 654 g/mol. The van der Waals surface area contributed by atoms with E-state index < -0.39 is 0 Å². The van der Waals surface area contributed by atoms with Gasteiger partial charge in [0.05, 0.1) is 18.1 Å². The van der Waals surface area contributed by atoms with Crippen molar-refractivity contribution in [2.45, 2.75) is 45.6 Å². The van der Waals surface area contributed by atoms with Gasteiger partial charge in [0, 0.05) is 60.8 Å². The molecule has 1 aromatic carbocycles. The summed E-state index contributed by atoms with van der Waals surface area (Å²) in [5, 5.41) is 16.4. The van der Waals surface area contributed by atoms with Crippen molar-refractivity contribution in [3.05, 3.63) is 78.3 Å². The third kappa shape index (κ3) is 7.82. The van der Waals surface area contributed by atoms with E-state index in [-0.39, 0.29) is 23.5 Å². The zero-order valence-corrected chi connectivity index (χ0v) is 28.1. The number of pyridine rings is 1. The molecule has 13 nitrogen and oxygen atoms in total. The van der Waals surface area contributed by atoms with Crippen molar-refractivity contribution < 1.29 is 9.18 Å². The summed E-state index contributed by atoms with van der Waals surface area (Å²) in [6.07, 6.45) is 7.75. The molecule has 4 heterocycles. The number of nitrogens with one attached hydrogen (secondary N) is 1. The number of aromatic nitrogens is 7. The van der Waals surface area contributed by atoms with E-state index in [4.69, 9.17) is 10.7 Å². The van der Waals surface area contributed by atoms with Crippen LogP contribution >= 0.6 is 0 Å². The van der Waals surface area contributed by atoms with Crippen LogP contribution in [0, 0.1) is 5.82 Å². The number of nitrogen functional groups attached to an aromatic ring is 1. The first-order valence-electron chi connectivity index (χ1n) is 16.2. The normalized spacial score (nSPS) is 12.5. The molecular formula is C34H43FN12O. The summed E-state index contributed by atoms with van der Waals surface area (Å²) in [5.41, 5.74) is 10.5. The molecule has 5 rings (SSSR count). The Morgan fingerprint density at radius 1 is 1.06 bits per heavy atom. The van der Waals surface area contributed by atoms with Gasteiger partial charge in [-0.1, -0.05) is 25.1 Å². The number of aliphatic imine (C=N–C) groups is 1. The molecule has 0 fully saturated rings. The highest BCUT2D eigenvalue weighted by Crippen LogP contribution is 2.28. The zero-order valence-electron chi connectivity index (χ0n) is 28.1. The number of carbonyl (C=O) groups is 1. The predicted octanol–water partition coefficient (Wildman–Crippen LogP) is 4.02. The van der Waals surface area contributed by atoms with Crippen LogP contribution in [-0.2, 0) is 6.42 Å². The summed E-state index contributed by atoms with van der Waals surface area (Å²) in [6, 6.07) is 11.9. The summed E-state index contributed by atoms with van der Waals surface area (Å²) in [7, 11) is 5.84. The number of halogens is 1. The van der Waals surface area contributed by atoms with Gasteiger partial charge in [-0.25, -0.2) is 14.4 Å². The van der Waals surface area contributed by atoms with Crippen LogP contribution in [0.5, 0.6) is 0 Å². The highest BCUT2D eigenvalue weighted by Gasteiger charge is 2.23. The second kappa shape index (κ2) is 15.6. The number of carbonyl (C=O) groups excluding carboxylic acids is 1. The number of hydrogen-bond donors (Lipinski definition) is 2. The average Bonchev–Trinajstić information content (AvgIpc) is 3.75. The van der Waals surface area contributed by atoms with Crippen LogP contribution in [-0.4, -0.2) is 103 Å². The van der Waals surface area contributed by atoms with Gasteiger partial charge in [0.1, 0.15) is 11.6 Å². The van der Waals surface area contributed by atoms with Crippen LogP contribution in [0.1, 0.15) is 49.3 Å². The van der Waals surface area contributed by atoms with E-state index in [1.807, 2.05) is 40.1 Å². The Morgan fingerprint density at radius 2 is 1.88 bits per heavy atom. The van der Waals surface area contributed by atoms with Gasteiger partial charge >= 0.3 is 0 Å². The van der Waals surface area contributed by atoms with Crippen molar-refractivity contribution in [3.63, 3.8) is 0 Å². The molecule has 0 aliphatic rings. The number of amides is 1. The topological polar surface area (TPSA) is 148 Å². The Hall–Kier alpha value is -5.24. The van der Waals surface area contributed by atoms with E-state index in [0.717, 1.165) is 36.2 Å². The van der Waals surface area contributed by atoms with Gasteiger partial charge in [-0.2, -0.15) is 14.7 Å². The Labute approximate surface area is 279 Å². The molecule has 3 N–H and O–H groups in total.